The van der Waals surface area contributed by atoms with Crippen LogP contribution in [-0.2, 0) is 49.7 Å². The SMILES string of the molecule is CC(C)(N)C(C)(C)C(=O)N[C@@H](Cc1c[nH]c2ccc(O)cc12)C(=O)N[C@@H](Cc1ccc(Cl)cc1)C(=O)N[C@@H](Cc1cccnc1)C(=O)N[C@H](CCc1c[nH]c2ccccc12)C(N)=O. The van der Waals surface area contributed by atoms with Gasteiger partial charge in [-0.3, -0.25) is 29.0 Å². The molecule has 5 amide bonds. The number of aromatic nitrogens is 3. The number of halogens is 1. The summed E-state index contributed by atoms with van der Waals surface area (Å²) in [4.78, 5) is 80.5. The molecule has 3 aromatic heterocycles. The Kier molecular flexibility index (Phi) is 14.2. The van der Waals surface area contributed by atoms with Crippen molar-refractivity contribution in [2.75, 3.05) is 0 Å². The first-order chi connectivity index (χ1) is 29.9. The van der Waals surface area contributed by atoms with Crippen molar-refractivity contribution in [1.29, 1.82) is 0 Å². The molecule has 6 rings (SSSR count). The van der Waals surface area contributed by atoms with Crippen molar-refractivity contribution in [2.45, 2.75) is 89.5 Å². The molecule has 6 aromatic rings. The molecule has 0 aliphatic carbocycles. The number of pyridine rings is 1. The summed E-state index contributed by atoms with van der Waals surface area (Å²) in [6.45, 7) is 6.78. The van der Waals surface area contributed by atoms with Gasteiger partial charge in [0.1, 0.15) is 29.9 Å². The van der Waals surface area contributed by atoms with E-state index in [1.54, 1.807) is 94.8 Å². The highest BCUT2D eigenvalue weighted by atomic mass is 35.5. The number of aromatic amines is 2. The molecule has 0 saturated carbocycles. The number of amides is 5. The fourth-order valence-electron chi connectivity index (χ4n) is 7.17. The first kappa shape index (κ1) is 45.8. The average Bonchev–Trinajstić information content (AvgIpc) is 3.85. The topological polar surface area (TPSA) is 250 Å². The lowest BCUT2D eigenvalue weighted by molar-refractivity contribution is -0.137. The molecular formula is C47H54ClN9O6. The molecule has 11 N–H and O–H groups in total. The third kappa shape index (κ3) is 11.4. The quantitative estimate of drug-likeness (QED) is 0.0568. The molecule has 15 nitrogen and oxygen atoms in total. The molecule has 63 heavy (non-hydrogen) atoms. The monoisotopic (exact) mass is 875 g/mol. The van der Waals surface area contributed by atoms with E-state index in [1.165, 1.54) is 6.07 Å². The lowest BCUT2D eigenvalue weighted by atomic mass is 9.74. The summed E-state index contributed by atoms with van der Waals surface area (Å²) >= 11 is 6.19. The largest absolute Gasteiger partial charge is 0.508 e. The summed E-state index contributed by atoms with van der Waals surface area (Å²) in [7, 11) is 0. The van der Waals surface area contributed by atoms with E-state index in [1.807, 2.05) is 30.5 Å². The van der Waals surface area contributed by atoms with E-state index in [2.05, 4.69) is 36.2 Å². The van der Waals surface area contributed by atoms with E-state index >= 15 is 0 Å². The number of H-pyrrole nitrogens is 2. The summed E-state index contributed by atoms with van der Waals surface area (Å²) in [6.07, 6.45) is 7.20. The Morgan fingerprint density at radius 3 is 1.90 bits per heavy atom. The van der Waals surface area contributed by atoms with Gasteiger partial charge in [0.15, 0.2) is 0 Å². The van der Waals surface area contributed by atoms with Crippen LogP contribution in [0.1, 0.15) is 56.4 Å². The minimum atomic E-state index is -1.29. The van der Waals surface area contributed by atoms with Crippen molar-refractivity contribution in [2.24, 2.45) is 16.9 Å². The minimum Gasteiger partial charge on any atom is -0.508 e. The number of aryl methyl sites for hydroxylation is 1. The number of rotatable bonds is 19. The summed E-state index contributed by atoms with van der Waals surface area (Å²) < 4.78 is 0. The summed E-state index contributed by atoms with van der Waals surface area (Å²) in [5.41, 5.74) is 14.6. The van der Waals surface area contributed by atoms with Gasteiger partial charge in [0.25, 0.3) is 0 Å². The molecule has 330 valence electrons. The smallest absolute Gasteiger partial charge is 0.243 e. The van der Waals surface area contributed by atoms with Gasteiger partial charge in [-0.1, -0.05) is 48.0 Å². The number of para-hydroxylation sites is 1. The summed E-state index contributed by atoms with van der Waals surface area (Å²) in [5.74, 6) is -3.33. The molecule has 0 fully saturated rings. The zero-order valence-electron chi connectivity index (χ0n) is 35.6. The first-order valence-electron chi connectivity index (χ1n) is 20.7. The molecule has 3 heterocycles. The Bertz CT molecular complexity index is 2580. The fourth-order valence-corrected chi connectivity index (χ4v) is 7.29. The minimum absolute atomic E-state index is 0.0143. The van der Waals surface area contributed by atoms with Crippen LogP contribution in [0.5, 0.6) is 5.75 Å². The maximum Gasteiger partial charge on any atom is 0.243 e. The van der Waals surface area contributed by atoms with Crippen molar-refractivity contribution in [3.8, 4) is 5.75 Å². The van der Waals surface area contributed by atoms with Crippen molar-refractivity contribution in [3.05, 3.63) is 131 Å². The van der Waals surface area contributed by atoms with Gasteiger partial charge in [0.05, 0.1) is 5.41 Å². The second-order valence-electron chi connectivity index (χ2n) is 17.0. The van der Waals surface area contributed by atoms with E-state index in [0.29, 0.717) is 39.0 Å². The predicted molar refractivity (Wildman–Crippen MR) is 242 cm³/mol. The molecule has 0 unspecified atom stereocenters. The van der Waals surface area contributed by atoms with Gasteiger partial charge in [-0.05, 0) is 105 Å². The Balaban J connectivity index is 1.28. The van der Waals surface area contributed by atoms with Gasteiger partial charge >= 0.3 is 0 Å². The Hall–Kier alpha value is -6.71. The Morgan fingerprint density at radius 2 is 1.29 bits per heavy atom. The number of benzene rings is 3. The van der Waals surface area contributed by atoms with Gasteiger partial charge in [-0.15, -0.1) is 0 Å². The van der Waals surface area contributed by atoms with Crippen molar-refractivity contribution >= 4 is 62.9 Å². The molecule has 3 aromatic carbocycles. The molecule has 0 radical (unpaired) electrons. The second kappa shape index (κ2) is 19.6. The third-order valence-electron chi connectivity index (χ3n) is 11.8. The van der Waals surface area contributed by atoms with E-state index in [0.717, 1.165) is 16.5 Å². The number of carbonyl (C=O) groups excluding carboxylic acids is 5. The van der Waals surface area contributed by atoms with Crippen LogP contribution in [0, 0.1) is 5.41 Å². The van der Waals surface area contributed by atoms with Crippen LogP contribution in [0.15, 0.2) is 104 Å². The zero-order valence-corrected chi connectivity index (χ0v) is 36.4. The highest BCUT2D eigenvalue weighted by Crippen LogP contribution is 2.29. The number of nitrogens with zero attached hydrogens (tertiary/aromatic N) is 1. The maximum absolute atomic E-state index is 14.6. The Morgan fingerprint density at radius 1 is 0.698 bits per heavy atom. The normalized spacial score (nSPS) is 13.7. The van der Waals surface area contributed by atoms with E-state index in [9.17, 15) is 29.1 Å². The van der Waals surface area contributed by atoms with Gasteiger partial charge in [-0.25, -0.2) is 0 Å². The number of hydrogen-bond acceptors (Lipinski definition) is 8. The molecular weight excluding hydrogens is 822 g/mol. The predicted octanol–water partition coefficient (Wildman–Crippen LogP) is 4.25. The fraction of sp³-hybridized carbons (Fsp3) is 0.319. The van der Waals surface area contributed by atoms with Crippen molar-refractivity contribution in [3.63, 3.8) is 0 Å². The van der Waals surface area contributed by atoms with Crippen LogP contribution in [-0.4, -0.2) is 79.3 Å². The maximum atomic E-state index is 14.6. The van der Waals surface area contributed by atoms with Crippen LogP contribution >= 0.6 is 11.6 Å². The van der Waals surface area contributed by atoms with Crippen LogP contribution in [0.4, 0.5) is 0 Å². The number of nitrogens with one attached hydrogen (secondary N) is 6. The number of aromatic hydroxyl groups is 1. The van der Waals surface area contributed by atoms with Crippen LogP contribution in [0.2, 0.25) is 5.02 Å². The van der Waals surface area contributed by atoms with Crippen molar-refractivity contribution in [1.82, 2.24) is 36.2 Å². The molecule has 0 spiro atoms. The number of carbonyl (C=O) groups is 5. The van der Waals surface area contributed by atoms with Gasteiger partial charge in [0, 0.05) is 76.4 Å². The molecule has 0 aliphatic rings. The van der Waals surface area contributed by atoms with Crippen molar-refractivity contribution < 1.29 is 29.1 Å². The van der Waals surface area contributed by atoms with E-state index < -0.39 is 64.7 Å². The third-order valence-corrected chi connectivity index (χ3v) is 12.0. The van der Waals surface area contributed by atoms with Gasteiger partial charge in [-0.2, -0.15) is 0 Å². The second-order valence-corrected chi connectivity index (χ2v) is 17.4. The summed E-state index contributed by atoms with van der Waals surface area (Å²) in [5, 5.41) is 23.7. The lowest BCUT2D eigenvalue weighted by Gasteiger charge is -2.38. The summed E-state index contributed by atoms with van der Waals surface area (Å²) in [6, 6.07) is 17.8. The molecule has 0 saturated heterocycles. The first-order valence-corrected chi connectivity index (χ1v) is 21.0. The number of primary amides is 1. The number of phenolic OH excluding ortho intramolecular Hbond substituents is 1. The highest BCUT2D eigenvalue weighted by molar-refractivity contribution is 6.30. The lowest BCUT2D eigenvalue weighted by Crippen LogP contribution is -2.61. The van der Waals surface area contributed by atoms with Crippen LogP contribution in [0.25, 0.3) is 21.8 Å². The molecule has 16 heteroatoms. The Labute approximate surface area is 370 Å². The average molecular weight is 876 g/mol. The zero-order chi connectivity index (χ0) is 45.5. The number of nitrogens with two attached hydrogens (primary N) is 2. The van der Waals surface area contributed by atoms with Gasteiger partial charge < -0.3 is 47.8 Å². The van der Waals surface area contributed by atoms with Crippen LogP contribution < -0.4 is 32.7 Å². The number of hydrogen-bond donors (Lipinski definition) is 9. The number of phenols is 1. The molecule has 0 aliphatic heterocycles. The standard InChI is InChI=1S/C47H54ClN9O6/c1-46(2,47(3,4)50)45(63)57-40(22-30-26-53-36-18-16-32(58)23-34(30)36)44(62)55-38(20-27-11-14-31(48)15-12-27)43(61)56-39(21-28-8-7-19-51-24-28)42(60)54-37(41(49)59)17-13-29-25-52-35-10-6-5-9-33(29)35/h5-12,14-16,18-19,23-26,37-40,52-53,58H,13,17,20-22,50H2,1-4H3,(H2,49,59)(H,54,60)(H,55,62)(H,56,61)(H,57,63)/t37-,38+,39+,40+/m1/s1. The molecule has 4 atom stereocenters. The number of fused-ring (bicyclic) bond motifs is 2. The van der Waals surface area contributed by atoms with E-state index in [4.69, 9.17) is 23.1 Å². The van der Waals surface area contributed by atoms with Gasteiger partial charge in [0.2, 0.25) is 29.5 Å². The highest BCUT2D eigenvalue weighted by Gasteiger charge is 2.42. The van der Waals surface area contributed by atoms with E-state index in [-0.39, 0.29) is 31.4 Å². The molecule has 0 bridgehead atoms. The van der Waals surface area contributed by atoms with Crippen LogP contribution in [0.3, 0.4) is 0 Å².